The Hall–Kier alpha value is -1.61. The Labute approximate surface area is 89.4 Å². The van der Waals surface area contributed by atoms with Crippen molar-refractivity contribution in [1.82, 2.24) is 15.1 Å². The lowest BCUT2D eigenvalue weighted by molar-refractivity contribution is 0.703. The summed E-state index contributed by atoms with van der Waals surface area (Å²) in [7, 11) is 1.97. The second-order valence-electron chi connectivity index (χ2n) is 3.51. The Morgan fingerprint density at radius 1 is 1.47 bits per heavy atom. The molecule has 0 bridgehead atoms. The molecule has 0 saturated carbocycles. The summed E-state index contributed by atoms with van der Waals surface area (Å²) in [5.74, 6) is 0. The van der Waals surface area contributed by atoms with Crippen molar-refractivity contribution >= 4 is 10.9 Å². The number of fused-ring (bicyclic) bond motifs is 1. The molecule has 2 rings (SSSR count). The van der Waals surface area contributed by atoms with Gasteiger partial charge in [0.15, 0.2) is 0 Å². The lowest BCUT2D eigenvalue weighted by Gasteiger charge is -1.97. The van der Waals surface area contributed by atoms with Crippen molar-refractivity contribution in [3.63, 3.8) is 0 Å². The molecule has 1 N–H and O–H groups in total. The SMILES string of the molecule is C=CCNCc1nn(C)c2ccccc12. The first-order valence-corrected chi connectivity index (χ1v) is 5.05. The van der Waals surface area contributed by atoms with E-state index in [1.807, 2.05) is 29.9 Å². The Balaban J connectivity index is 2.31. The summed E-state index contributed by atoms with van der Waals surface area (Å²) in [5.41, 5.74) is 2.27. The number of aryl methyl sites for hydroxylation is 1. The zero-order valence-electron chi connectivity index (χ0n) is 8.90. The molecule has 2 aromatic rings. The summed E-state index contributed by atoms with van der Waals surface area (Å²) in [5, 5.41) is 8.96. The molecular weight excluding hydrogens is 186 g/mol. The number of hydrogen-bond donors (Lipinski definition) is 1. The maximum atomic E-state index is 4.48. The predicted octanol–water partition coefficient (Wildman–Crippen LogP) is 1.85. The lowest BCUT2D eigenvalue weighted by atomic mass is 10.2. The molecule has 1 heterocycles. The fourth-order valence-corrected chi connectivity index (χ4v) is 1.71. The van der Waals surface area contributed by atoms with Crippen molar-refractivity contribution in [2.45, 2.75) is 6.54 Å². The Bertz CT molecular complexity index is 471. The zero-order valence-corrected chi connectivity index (χ0v) is 8.90. The van der Waals surface area contributed by atoms with E-state index in [0.717, 1.165) is 18.8 Å². The zero-order chi connectivity index (χ0) is 10.7. The molecule has 78 valence electrons. The van der Waals surface area contributed by atoms with Crippen LogP contribution >= 0.6 is 0 Å². The van der Waals surface area contributed by atoms with E-state index >= 15 is 0 Å². The minimum absolute atomic E-state index is 0.785. The van der Waals surface area contributed by atoms with E-state index in [9.17, 15) is 0 Å². The maximum Gasteiger partial charge on any atom is 0.0841 e. The van der Waals surface area contributed by atoms with Crippen molar-refractivity contribution in [3.8, 4) is 0 Å². The molecule has 0 aliphatic heterocycles. The van der Waals surface area contributed by atoms with Gasteiger partial charge in [0.05, 0.1) is 11.2 Å². The van der Waals surface area contributed by atoms with Crippen LogP contribution in [0.15, 0.2) is 36.9 Å². The number of benzene rings is 1. The molecular formula is C12H15N3. The van der Waals surface area contributed by atoms with Crippen LogP contribution in [0.4, 0.5) is 0 Å². The van der Waals surface area contributed by atoms with Crippen molar-refractivity contribution < 1.29 is 0 Å². The van der Waals surface area contributed by atoms with Crippen LogP contribution < -0.4 is 5.32 Å². The van der Waals surface area contributed by atoms with E-state index in [2.05, 4.69) is 29.1 Å². The predicted molar refractivity (Wildman–Crippen MR) is 62.6 cm³/mol. The van der Waals surface area contributed by atoms with Gasteiger partial charge in [-0.25, -0.2) is 0 Å². The molecule has 3 heteroatoms. The molecule has 0 saturated heterocycles. The molecule has 0 fully saturated rings. The van der Waals surface area contributed by atoms with Crippen LogP contribution in [0.5, 0.6) is 0 Å². The maximum absolute atomic E-state index is 4.48. The summed E-state index contributed by atoms with van der Waals surface area (Å²) >= 11 is 0. The number of para-hydroxylation sites is 1. The number of hydrogen-bond acceptors (Lipinski definition) is 2. The Morgan fingerprint density at radius 2 is 2.27 bits per heavy atom. The van der Waals surface area contributed by atoms with Crippen LogP contribution in [0.2, 0.25) is 0 Å². The van der Waals surface area contributed by atoms with Crippen LogP contribution in [0, 0.1) is 0 Å². The summed E-state index contributed by atoms with van der Waals surface area (Å²) in [6.45, 7) is 5.27. The molecule has 0 aliphatic rings. The Kier molecular flexibility index (Phi) is 2.83. The highest BCUT2D eigenvalue weighted by Gasteiger charge is 2.05. The third-order valence-electron chi connectivity index (χ3n) is 2.42. The fourth-order valence-electron chi connectivity index (χ4n) is 1.71. The Morgan fingerprint density at radius 3 is 3.07 bits per heavy atom. The second kappa shape index (κ2) is 4.28. The standard InChI is InChI=1S/C12H15N3/c1-3-8-13-9-11-10-6-4-5-7-12(10)15(2)14-11/h3-7,13H,1,8-9H2,2H3. The summed E-state index contributed by atoms with van der Waals surface area (Å²) in [6, 6.07) is 8.26. The van der Waals surface area contributed by atoms with Gasteiger partial charge in [0.25, 0.3) is 0 Å². The molecule has 1 aromatic carbocycles. The molecule has 0 radical (unpaired) electrons. The van der Waals surface area contributed by atoms with Gasteiger partial charge in [-0.1, -0.05) is 24.3 Å². The van der Waals surface area contributed by atoms with Gasteiger partial charge in [-0.2, -0.15) is 5.10 Å². The van der Waals surface area contributed by atoms with Gasteiger partial charge >= 0.3 is 0 Å². The van der Waals surface area contributed by atoms with Gasteiger partial charge in [0.2, 0.25) is 0 Å². The number of aromatic nitrogens is 2. The molecule has 1 aromatic heterocycles. The van der Waals surface area contributed by atoms with E-state index in [0.29, 0.717) is 0 Å². The smallest absolute Gasteiger partial charge is 0.0841 e. The van der Waals surface area contributed by atoms with Crippen molar-refractivity contribution in [2.24, 2.45) is 7.05 Å². The molecule has 3 nitrogen and oxygen atoms in total. The van der Waals surface area contributed by atoms with Crippen LogP contribution in [0.25, 0.3) is 10.9 Å². The molecule has 0 aliphatic carbocycles. The van der Waals surface area contributed by atoms with Crippen molar-refractivity contribution in [2.75, 3.05) is 6.54 Å². The van der Waals surface area contributed by atoms with Gasteiger partial charge in [0, 0.05) is 25.5 Å². The third kappa shape index (κ3) is 1.92. The van der Waals surface area contributed by atoms with Crippen LogP contribution in [0.3, 0.4) is 0 Å². The summed E-state index contributed by atoms with van der Waals surface area (Å²) < 4.78 is 1.92. The van der Waals surface area contributed by atoms with E-state index in [-0.39, 0.29) is 0 Å². The van der Waals surface area contributed by atoms with E-state index in [4.69, 9.17) is 0 Å². The third-order valence-corrected chi connectivity index (χ3v) is 2.42. The van der Waals surface area contributed by atoms with E-state index in [1.54, 1.807) is 0 Å². The number of nitrogens with zero attached hydrogens (tertiary/aromatic N) is 2. The topological polar surface area (TPSA) is 29.9 Å². The van der Waals surface area contributed by atoms with Gasteiger partial charge in [-0.05, 0) is 6.07 Å². The highest BCUT2D eigenvalue weighted by atomic mass is 15.3. The first-order valence-electron chi connectivity index (χ1n) is 5.05. The monoisotopic (exact) mass is 201 g/mol. The minimum Gasteiger partial charge on any atom is -0.308 e. The molecule has 0 atom stereocenters. The quantitative estimate of drug-likeness (QED) is 0.604. The van der Waals surface area contributed by atoms with E-state index < -0.39 is 0 Å². The highest BCUT2D eigenvalue weighted by Crippen LogP contribution is 2.16. The van der Waals surface area contributed by atoms with Crippen LogP contribution in [-0.4, -0.2) is 16.3 Å². The molecule has 15 heavy (non-hydrogen) atoms. The average Bonchev–Trinajstić information content (AvgIpc) is 2.58. The minimum atomic E-state index is 0.785. The average molecular weight is 201 g/mol. The van der Waals surface area contributed by atoms with Gasteiger partial charge in [-0.15, -0.1) is 6.58 Å². The largest absolute Gasteiger partial charge is 0.308 e. The molecule has 0 spiro atoms. The van der Waals surface area contributed by atoms with Gasteiger partial charge in [0.1, 0.15) is 0 Å². The molecule has 0 amide bonds. The summed E-state index contributed by atoms with van der Waals surface area (Å²) in [6.07, 6.45) is 1.85. The number of rotatable bonds is 4. The number of nitrogens with one attached hydrogen (secondary N) is 1. The summed E-state index contributed by atoms with van der Waals surface area (Å²) in [4.78, 5) is 0. The first kappa shape index (κ1) is 9.93. The van der Waals surface area contributed by atoms with Crippen molar-refractivity contribution in [1.29, 1.82) is 0 Å². The fraction of sp³-hybridized carbons (Fsp3) is 0.250. The second-order valence-corrected chi connectivity index (χ2v) is 3.51. The first-order chi connectivity index (χ1) is 7.33. The normalized spacial score (nSPS) is 10.7. The highest BCUT2D eigenvalue weighted by molar-refractivity contribution is 5.81. The lowest BCUT2D eigenvalue weighted by Crippen LogP contribution is -2.13. The molecule has 0 unspecified atom stereocenters. The van der Waals surface area contributed by atoms with Crippen molar-refractivity contribution in [3.05, 3.63) is 42.6 Å². The van der Waals surface area contributed by atoms with Gasteiger partial charge < -0.3 is 5.32 Å². The van der Waals surface area contributed by atoms with Crippen LogP contribution in [0.1, 0.15) is 5.69 Å². The van der Waals surface area contributed by atoms with Crippen LogP contribution in [-0.2, 0) is 13.6 Å². The van der Waals surface area contributed by atoms with E-state index in [1.165, 1.54) is 10.9 Å². The van der Waals surface area contributed by atoms with Gasteiger partial charge in [-0.3, -0.25) is 4.68 Å².